The van der Waals surface area contributed by atoms with Crippen molar-refractivity contribution < 1.29 is 44.0 Å². The third-order valence-electron chi connectivity index (χ3n) is 7.64. The van der Waals surface area contributed by atoms with E-state index in [1.807, 2.05) is 0 Å². The summed E-state index contributed by atoms with van der Waals surface area (Å²) in [6, 6.07) is 2.44. The Hall–Kier alpha value is 0.381. The lowest BCUT2D eigenvalue weighted by atomic mass is 10.4. The Morgan fingerprint density at radius 2 is 0.952 bits per heavy atom. The van der Waals surface area contributed by atoms with E-state index in [0.717, 1.165) is 18.1 Å². The zero-order chi connectivity index (χ0) is 33.2. The van der Waals surface area contributed by atoms with E-state index < -0.39 is 57.0 Å². The topological polar surface area (TPSA) is 94.2 Å². The molecular weight excluding hydrogens is 646 g/mol. The van der Waals surface area contributed by atoms with Gasteiger partial charge in [0, 0.05) is 66.5 Å². The van der Waals surface area contributed by atoms with E-state index in [2.05, 4.69) is 66.2 Å². The molecule has 0 fully saturated rings. The van der Waals surface area contributed by atoms with Crippen LogP contribution in [0.4, 0.5) is 9.18 Å². The molecule has 0 aromatic carbocycles. The van der Waals surface area contributed by atoms with Gasteiger partial charge in [-0.05, 0) is 76.9 Å². The summed E-state index contributed by atoms with van der Waals surface area (Å²) in [5, 5.41) is 0. The van der Waals surface area contributed by atoms with Crippen LogP contribution in [-0.2, 0) is 34.8 Å². The van der Waals surface area contributed by atoms with Gasteiger partial charge in [-0.1, -0.05) is 13.8 Å². The molecule has 0 spiro atoms. The first-order chi connectivity index (χ1) is 19.0. The summed E-state index contributed by atoms with van der Waals surface area (Å²) < 4.78 is 61.9. The van der Waals surface area contributed by atoms with Crippen molar-refractivity contribution in [3.8, 4) is 0 Å². The molecule has 2 atom stereocenters. The lowest BCUT2D eigenvalue weighted by Gasteiger charge is -2.40. The molecular formula is C25H62FNO9Si6. The van der Waals surface area contributed by atoms with Crippen LogP contribution in [0.25, 0.3) is 0 Å². The van der Waals surface area contributed by atoms with Gasteiger partial charge in [0.25, 0.3) is 0 Å². The number of amides is 1. The van der Waals surface area contributed by atoms with Crippen LogP contribution in [-0.4, -0.2) is 117 Å². The van der Waals surface area contributed by atoms with E-state index in [0.29, 0.717) is 19.1 Å². The number of halogens is 1. The Labute approximate surface area is 262 Å². The zero-order valence-electron chi connectivity index (χ0n) is 29.4. The molecule has 0 aromatic heterocycles. The van der Waals surface area contributed by atoms with Crippen LogP contribution < -0.4 is 0 Å². The summed E-state index contributed by atoms with van der Waals surface area (Å²) in [4.78, 5) is 13.4. The minimum absolute atomic E-state index is 0.0446. The van der Waals surface area contributed by atoms with Gasteiger partial charge in [-0.25, -0.2) is 4.79 Å². The quantitative estimate of drug-likeness (QED) is 0.0693. The fourth-order valence-electron chi connectivity index (χ4n) is 6.48. The second-order valence-corrected chi connectivity index (χ2v) is 37.8. The number of nitrogens with zero attached hydrogens (tertiary/aromatic N) is 1. The summed E-state index contributed by atoms with van der Waals surface area (Å²) >= 11 is 0. The molecule has 17 heteroatoms. The lowest BCUT2D eigenvalue weighted by Crippen LogP contribution is -2.55. The van der Waals surface area contributed by atoms with E-state index >= 15 is 0 Å². The highest BCUT2D eigenvalue weighted by Crippen LogP contribution is 2.36. The normalized spacial score (nSPS) is 15.5. The first kappa shape index (κ1) is 42.4. The summed E-state index contributed by atoms with van der Waals surface area (Å²) in [5.41, 5.74) is 0.145. The molecule has 1 amide bonds. The van der Waals surface area contributed by atoms with Crippen molar-refractivity contribution in [2.45, 2.75) is 102 Å². The Morgan fingerprint density at radius 3 is 1.26 bits per heavy atom. The number of carbonyl (C=O) groups excluding carboxylic acids is 1. The molecule has 0 radical (unpaired) electrons. The van der Waals surface area contributed by atoms with E-state index in [-0.39, 0.29) is 11.1 Å². The second kappa shape index (κ2) is 17.3. The van der Waals surface area contributed by atoms with Crippen LogP contribution in [0.5, 0.6) is 0 Å². The standard InChI is InChI=1S/C25H62FNO9Si6/c1-23(41(29-3,30-4)31-5)20-38(11,12)35-37(9,10)19-17-18-27(25(26)28)22-40(15,16)36-39(13,14)21-24(2)42(32-6,33-7)34-8/h23-24H,17-22H2,1-16H3. The van der Waals surface area contributed by atoms with Gasteiger partial charge in [0.15, 0.2) is 33.3 Å². The van der Waals surface area contributed by atoms with Gasteiger partial charge in [-0.2, -0.15) is 0 Å². The van der Waals surface area contributed by atoms with Gasteiger partial charge >= 0.3 is 23.8 Å². The fraction of sp³-hybridized carbons (Fsp3) is 0.960. The summed E-state index contributed by atoms with van der Waals surface area (Å²) in [5.74, 6) is 0. The molecule has 2 unspecified atom stereocenters. The molecule has 42 heavy (non-hydrogen) atoms. The molecule has 0 N–H and O–H groups in total. The van der Waals surface area contributed by atoms with Crippen molar-refractivity contribution in [3.05, 3.63) is 0 Å². The summed E-state index contributed by atoms with van der Waals surface area (Å²) in [7, 11) is -4.65. The predicted octanol–water partition coefficient (Wildman–Crippen LogP) is 6.70. The molecule has 0 saturated carbocycles. The van der Waals surface area contributed by atoms with Crippen LogP contribution in [0.1, 0.15) is 20.3 Å². The van der Waals surface area contributed by atoms with Gasteiger partial charge in [-0.3, -0.25) is 0 Å². The van der Waals surface area contributed by atoms with Crippen molar-refractivity contribution in [3.63, 3.8) is 0 Å². The van der Waals surface area contributed by atoms with Crippen LogP contribution in [0, 0.1) is 0 Å². The van der Waals surface area contributed by atoms with Gasteiger partial charge in [-0.15, -0.1) is 4.39 Å². The molecule has 252 valence electrons. The van der Waals surface area contributed by atoms with E-state index in [9.17, 15) is 9.18 Å². The molecule has 0 bridgehead atoms. The average Bonchev–Trinajstić information content (AvgIpc) is 2.83. The van der Waals surface area contributed by atoms with Crippen LogP contribution >= 0.6 is 0 Å². The summed E-state index contributed by atoms with van der Waals surface area (Å²) in [6.07, 6.45) is -0.429. The molecule has 0 aliphatic carbocycles. The smallest absolute Gasteiger partial charge is 0.455 e. The number of rotatable bonds is 22. The molecule has 0 heterocycles. The van der Waals surface area contributed by atoms with Crippen molar-refractivity contribution in [2.24, 2.45) is 0 Å². The number of hydrogen-bond acceptors (Lipinski definition) is 9. The maximum Gasteiger partial charge on any atom is 0.502 e. The van der Waals surface area contributed by atoms with Crippen molar-refractivity contribution in [1.82, 2.24) is 4.90 Å². The highest BCUT2D eigenvalue weighted by molar-refractivity contribution is 6.86. The minimum atomic E-state index is -2.81. The molecule has 0 rings (SSSR count). The third kappa shape index (κ3) is 13.4. The van der Waals surface area contributed by atoms with Gasteiger partial charge in [0.05, 0.1) is 0 Å². The van der Waals surface area contributed by atoms with Crippen molar-refractivity contribution >= 4 is 57.0 Å². The highest BCUT2D eigenvalue weighted by atomic mass is 28.4. The van der Waals surface area contributed by atoms with Crippen LogP contribution in [0.2, 0.25) is 81.6 Å². The van der Waals surface area contributed by atoms with E-state index in [1.54, 1.807) is 42.7 Å². The Bertz CT molecular complexity index is 801. The van der Waals surface area contributed by atoms with Gasteiger partial charge in [0.2, 0.25) is 0 Å². The maximum absolute atomic E-state index is 14.3. The van der Waals surface area contributed by atoms with Crippen LogP contribution in [0.3, 0.4) is 0 Å². The lowest BCUT2D eigenvalue weighted by molar-refractivity contribution is 0.114. The Kier molecular flexibility index (Phi) is 17.5. The zero-order valence-corrected chi connectivity index (χ0v) is 35.4. The van der Waals surface area contributed by atoms with Gasteiger partial charge in [0.1, 0.15) is 0 Å². The molecule has 10 nitrogen and oxygen atoms in total. The maximum atomic E-state index is 14.3. The molecule has 0 aliphatic heterocycles. The van der Waals surface area contributed by atoms with Crippen molar-refractivity contribution in [2.75, 3.05) is 55.4 Å². The van der Waals surface area contributed by atoms with Gasteiger partial charge < -0.3 is 39.7 Å². The average molecular weight is 708 g/mol. The second-order valence-electron chi connectivity index (χ2n) is 13.7. The van der Waals surface area contributed by atoms with E-state index in [4.69, 9.17) is 34.8 Å². The predicted molar refractivity (Wildman–Crippen MR) is 182 cm³/mol. The SMILES string of the molecule is CO[Si](OC)(OC)C(C)C[Si](C)(C)O[Si](C)(C)CCCN(C[Si](C)(C)O[Si](C)(C)CC(C)[Si](OC)(OC)OC)C(=O)F. The number of carbonyl (C=O) groups is 1. The Morgan fingerprint density at radius 1 is 0.619 bits per heavy atom. The fourth-order valence-corrected chi connectivity index (χ4v) is 33.3. The highest BCUT2D eigenvalue weighted by Gasteiger charge is 2.49. The Balaban J connectivity index is 5.28. The monoisotopic (exact) mass is 707 g/mol. The third-order valence-corrected chi connectivity index (χ3v) is 29.4. The minimum Gasteiger partial charge on any atom is -0.455 e. The molecule has 0 aliphatic rings. The molecule has 0 aromatic rings. The summed E-state index contributed by atoms with van der Waals surface area (Å²) in [6.45, 7) is 21.7. The molecule has 0 saturated heterocycles. The van der Waals surface area contributed by atoms with E-state index in [1.165, 1.54) is 4.90 Å². The van der Waals surface area contributed by atoms with Crippen LogP contribution in [0.15, 0.2) is 0 Å². The van der Waals surface area contributed by atoms with Crippen molar-refractivity contribution in [1.29, 1.82) is 0 Å². The number of hydrogen-bond donors (Lipinski definition) is 0. The first-order valence-corrected chi connectivity index (χ1v) is 30.8. The first-order valence-electron chi connectivity index (χ1n) is 14.7. The largest absolute Gasteiger partial charge is 0.502 e.